The van der Waals surface area contributed by atoms with Crippen LogP contribution in [0.4, 0.5) is 0 Å². The monoisotopic (exact) mass is 199 g/mol. The van der Waals surface area contributed by atoms with Crippen molar-refractivity contribution in [2.45, 2.75) is 59.7 Å². The molecule has 13 heavy (non-hydrogen) atoms. The molecule has 0 heterocycles. The maximum Gasteiger partial charge on any atom is 0.0486 e. The molecule has 0 aliphatic carbocycles. The molecular weight excluding hydrogens is 172 g/mol. The van der Waals surface area contributed by atoms with Crippen molar-refractivity contribution in [2.24, 2.45) is 17.8 Å². The molecule has 79 valence electrons. The minimum atomic E-state index is -0.0432. The number of hydrogen-bond donors (Lipinski definition) is 0. The first kappa shape index (κ1) is 13.2. The van der Waals surface area contributed by atoms with Gasteiger partial charge in [0, 0.05) is 8.80 Å². The molecule has 1 heteroatoms. The second-order valence-corrected chi connectivity index (χ2v) is 8.27. The molecule has 0 aliphatic heterocycles. The molecule has 0 aromatic rings. The average molecular weight is 199 g/mol. The Kier molecular flexibility index (Phi) is 6.75. The van der Waals surface area contributed by atoms with Crippen molar-refractivity contribution < 1.29 is 0 Å². The quantitative estimate of drug-likeness (QED) is 0.554. The summed E-state index contributed by atoms with van der Waals surface area (Å²) in [4.78, 5) is 0. The zero-order chi connectivity index (χ0) is 10.4. The van der Waals surface area contributed by atoms with Crippen molar-refractivity contribution >= 4 is 8.80 Å². The van der Waals surface area contributed by atoms with Gasteiger partial charge in [-0.15, -0.1) is 0 Å². The van der Waals surface area contributed by atoms with Gasteiger partial charge in [-0.25, -0.2) is 0 Å². The standard InChI is InChI=1S/C12H27Si/c1-10(2)7-13(8-11(3)4)9-12(5)6/h10-12H,7-9H2,1-6H3. The Morgan fingerprint density at radius 3 is 1.00 bits per heavy atom. The molecular formula is C12H27Si. The van der Waals surface area contributed by atoms with Crippen LogP contribution >= 0.6 is 0 Å². The van der Waals surface area contributed by atoms with Crippen LogP contribution in [0.25, 0.3) is 0 Å². The highest BCUT2D eigenvalue weighted by molar-refractivity contribution is 6.58. The third-order valence-corrected chi connectivity index (χ3v) is 6.27. The van der Waals surface area contributed by atoms with Crippen molar-refractivity contribution in [1.82, 2.24) is 0 Å². The summed E-state index contributed by atoms with van der Waals surface area (Å²) in [5, 5.41) is 0. The summed E-state index contributed by atoms with van der Waals surface area (Å²) in [7, 11) is -0.0432. The molecule has 0 unspecified atom stereocenters. The first-order valence-electron chi connectivity index (χ1n) is 5.75. The number of hydrogen-bond acceptors (Lipinski definition) is 0. The van der Waals surface area contributed by atoms with Gasteiger partial charge in [0.15, 0.2) is 0 Å². The summed E-state index contributed by atoms with van der Waals surface area (Å²) in [6.07, 6.45) is 0. The molecule has 0 N–H and O–H groups in total. The van der Waals surface area contributed by atoms with Gasteiger partial charge < -0.3 is 0 Å². The Morgan fingerprint density at radius 2 is 0.846 bits per heavy atom. The first-order valence-corrected chi connectivity index (χ1v) is 7.87. The van der Waals surface area contributed by atoms with E-state index < -0.39 is 0 Å². The van der Waals surface area contributed by atoms with Crippen LogP contribution in [0.15, 0.2) is 0 Å². The molecule has 0 nitrogen and oxygen atoms in total. The highest BCUT2D eigenvalue weighted by atomic mass is 28.3. The lowest BCUT2D eigenvalue weighted by Crippen LogP contribution is -2.19. The molecule has 0 atom stereocenters. The Bertz CT molecular complexity index is 92.5. The highest BCUT2D eigenvalue weighted by Crippen LogP contribution is 2.20. The second-order valence-electron chi connectivity index (χ2n) is 5.54. The third kappa shape index (κ3) is 8.54. The van der Waals surface area contributed by atoms with Gasteiger partial charge in [-0.05, 0) is 17.8 Å². The van der Waals surface area contributed by atoms with Crippen LogP contribution in [0, 0.1) is 17.8 Å². The summed E-state index contributed by atoms with van der Waals surface area (Å²) in [5.74, 6) is 2.73. The summed E-state index contributed by atoms with van der Waals surface area (Å²) in [5.41, 5.74) is 0. The maximum atomic E-state index is 2.37. The van der Waals surface area contributed by atoms with E-state index in [2.05, 4.69) is 41.5 Å². The third-order valence-electron chi connectivity index (χ3n) is 2.09. The van der Waals surface area contributed by atoms with E-state index in [-0.39, 0.29) is 8.80 Å². The van der Waals surface area contributed by atoms with Crippen molar-refractivity contribution in [3.05, 3.63) is 0 Å². The van der Waals surface area contributed by atoms with Crippen molar-refractivity contribution in [1.29, 1.82) is 0 Å². The maximum absolute atomic E-state index is 2.37. The van der Waals surface area contributed by atoms with Gasteiger partial charge in [0.05, 0.1) is 0 Å². The van der Waals surface area contributed by atoms with Gasteiger partial charge in [-0.3, -0.25) is 0 Å². The van der Waals surface area contributed by atoms with Gasteiger partial charge in [-0.1, -0.05) is 59.7 Å². The number of rotatable bonds is 6. The molecule has 0 amide bonds. The molecule has 0 rings (SSSR count). The Balaban J connectivity index is 3.87. The molecule has 0 spiro atoms. The van der Waals surface area contributed by atoms with Crippen LogP contribution in [-0.4, -0.2) is 8.80 Å². The Morgan fingerprint density at radius 1 is 0.615 bits per heavy atom. The minimum Gasteiger partial charge on any atom is -0.0631 e. The molecule has 0 aliphatic rings. The molecule has 0 saturated carbocycles. The van der Waals surface area contributed by atoms with E-state index in [1.807, 2.05) is 0 Å². The molecule has 0 aromatic carbocycles. The summed E-state index contributed by atoms with van der Waals surface area (Å²) in [6, 6.07) is 4.54. The van der Waals surface area contributed by atoms with Crippen LogP contribution in [0.1, 0.15) is 41.5 Å². The molecule has 0 fully saturated rings. The summed E-state index contributed by atoms with van der Waals surface area (Å²) in [6.45, 7) is 14.2. The van der Waals surface area contributed by atoms with Crippen LogP contribution in [0.5, 0.6) is 0 Å². The van der Waals surface area contributed by atoms with Gasteiger partial charge in [-0.2, -0.15) is 0 Å². The van der Waals surface area contributed by atoms with E-state index in [4.69, 9.17) is 0 Å². The fraction of sp³-hybridized carbons (Fsp3) is 1.00. The van der Waals surface area contributed by atoms with E-state index in [9.17, 15) is 0 Å². The lowest BCUT2D eigenvalue weighted by Gasteiger charge is -2.20. The van der Waals surface area contributed by atoms with Crippen LogP contribution in [0.3, 0.4) is 0 Å². The average Bonchev–Trinajstić information content (AvgIpc) is 1.80. The molecule has 0 saturated heterocycles. The van der Waals surface area contributed by atoms with E-state index in [0.717, 1.165) is 17.8 Å². The predicted octanol–water partition coefficient (Wildman–Crippen LogP) is 4.45. The zero-order valence-electron chi connectivity index (χ0n) is 10.4. The molecule has 1 radical (unpaired) electrons. The van der Waals surface area contributed by atoms with Crippen LogP contribution < -0.4 is 0 Å². The fourth-order valence-electron chi connectivity index (χ4n) is 1.98. The fourth-order valence-corrected chi connectivity index (χ4v) is 5.95. The van der Waals surface area contributed by atoms with Gasteiger partial charge in [0.2, 0.25) is 0 Å². The van der Waals surface area contributed by atoms with Crippen molar-refractivity contribution in [2.75, 3.05) is 0 Å². The van der Waals surface area contributed by atoms with Crippen LogP contribution in [-0.2, 0) is 0 Å². The van der Waals surface area contributed by atoms with Gasteiger partial charge in [0.1, 0.15) is 0 Å². The lowest BCUT2D eigenvalue weighted by atomic mass is 10.3. The summed E-state index contributed by atoms with van der Waals surface area (Å²) >= 11 is 0. The minimum absolute atomic E-state index is 0.0432. The smallest absolute Gasteiger partial charge is 0.0486 e. The SMILES string of the molecule is CC(C)C[Si](CC(C)C)CC(C)C. The Labute approximate surface area is 86.7 Å². The lowest BCUT2D eigenvalue weighted by molar-refractivity contribution is 0.659. The largest absolute Gasteiger partial charge is 0.0631 e. The van der Waals surface area contributed by atoms with Crippen molar-refractivity contribution in [3.8, 4) is 0 Å². The van der Waals surface area contributed by atoms with Gasteiger partial charge in [0.25, 0.3) is 0 Å². The zero-order valence-corrected chi connectivity index (χ0v) is 11.4. The van der Waals surface area contributed by atoms with E-state index in [1.54, 1.807) is 0 Å². The first-order chi connectivity index (χ1) is 5.91. The highest BCUT2D eigenvalue weighted by Gasteiger charge is 2.15. The molecule has 0 bridgehead atoms. The van der Waals surface area contributed by atoms with E-state index >= 15 is 0 Å². The Hall–Kier alpha value is 0.217. The summed E-state index contributed by atoms with van der Waals surface area (Å²) < 4.78 is 0. The second kappa shape index (κ2) is 6.64. The van der Waals surface area contributed by atoms with E-state index in [0.29, 0.717) is 0 Å². The van der Waals surface area contributed by atoms with Gasteiger partial charge >= 0.3 is 0 Å². The van der Waals surface area contributed by atoms with Crippen LogP contribution in [0.2, 0.25) is 18.1 Å². The van der Waals surface area contributed by atoms with Crippen molar-refractivity contribution in [3.63, 3.8) is 0 Å². The normalized spacial score (nSPS) is 12.5. The van der Waals surface area contributed by atoms with E-state index in [1.165, 1.54) is 18.1 Å². The molecule has 0 aromatic heterocycles. The predicted molar refractivity (Wildman–Crippen MR) is 64.7 cm³/mol. The topological polar surface area (TPSA) is 0 Å².